The van der Waals surface area contributed by atoms with E-state index in [1.54, 1.807) is 0 Å². The first-order valence-corrected chi connectivity index (χ1v) is 12.6. The molecule has 0 radical (unpaired) electrons. The third-order valence-corrected chi connectivity index (χ3v) is 7.29. The largest absolute Gasteiger partial charge is 0.367 e. The predicted molar refractivity (Wildman–Crippen MR) is 144 cm³/mol. The molecule has 6 heteroatoms. The number of hydrogen-bond acceptors (Lipinski definition) is 4. The Hall–Kier alpha value is -3.41. The highest BCUT2D eigenvalue weighted by atomic mass is 35.5. The number of fused-ring (bicyclic) bond motifs is 2. The van der Waals surface area contributed by atoms with Gasteiger partial charge in [-0.1, -0.05) is 66.2 Å². The summed E-state index contributed by atoms with van der Waals surface area (Å²) in [5, 5.41) is 11.7. The number of piperidine rings is 1. The lowest BCUT2D eigenvalue weighted by molar-refractivity contribution is 0.211. The van der Waals surface area contributed by atoms with Crippen LogP contribution in [0, 0.1) is 6.92 Å². The van der Waals surface area contributed by atoms with Crippen LogP contribution in [0.5, 0.6) is 0 Å². The molecule has 176 valence electrons. The van der Waals surface area contributed by atoms with Crippen LogP contribution < -0.4 is 5.32 Å². The van der Waals surface area contributed by atoms with E-state index < -0.39 is 0 Å². The van der Waals surface area contributed by atoms with E-state index in [0.29, 0.717) is 11.1 Å². The number of halogens is 1. The van der Waals surface area contributed by atoms with Crippen LogP contribution in [-0.4, -0.2) is 38.6 Å². The van der Waals surface area contributed by atoms with Crippen molar-refractivity contribution in [3.8, 4) is 11.3 Å². The highest BCUT2D eigenvalue weighted by molar-refractivity contribution is 6.33. The van der Waals surface area contributed by atoms with Gasteiger partial charge in [0, 0.05) is 47.9 Å². The normalized spacial score (nSPS) is 15.1. The summed E-state index contributed by atoms with van der Waals surface area (Å²) in [6, 6.07) is 25.7. The number of benzene rings is 3. The summed E-state index contributed by atoms with van der Waals surface area (Å²) in [5.74, 6) is 0.964. The molecule has 0 unspecified atom stereocenters. The van der Waals surface area contributed by atoms with E-state index in [0.717, 1.165) is 60.8 Å². The smallest absolute Gasteiger partial charge is 0.160 e. The second-order valence-electron chi connectivity index (χ2n) is 9.45. The number of aromatic nitrogens is 3. The summed E-state index contributed by atoms with van der Waals surface area (Å²) >= 11 is 6.49. The third-order valence-electron chi connectivity index (χ3n) is 6.96. The summed E-state index contributed by atoms with van der Waals surface area (Å²) in [4.78, 5) is 7.42. The first-order chi connectivity index (χ1) is 17.1. The van der Waals surface area contributed by atoms with Gasteiger partial charge in [-0.2, -0.15) is 9.61 Å². The molecule has 1 N–H and O–H groups in total. The molecule has 0 spiro atoms. The molecular formula is C29H28ClN5. The van der Waals surface area contributed by atoms with Gasteiger partial charge in [0.2, 0.25) is 0 Å². The van der Waals surface area contributed by atoms with Crippen LogP contribution in [0.15, 0.2) is 79.0 Å². The zero-order chi connectivity index (χ0) is 23.8. The van der Waals surface area contributed by atoms with E-state index in [2.05, 4.69) is 63.8 Å². The molecule has 1 aliphatic heterocycles. The van der Waals surface area contributed by atoms with Gasteiger partial charge in [0.15, 0.2) is 5.65 Å². The average molecular weight is 482 g/mol. The molecule has 1 saturated heterocycles. The minimum absolute atomic E-state index is 0.386. The number of rotatable bonds is 5. The lowest BCUT2D eigenvalue weighted by atomic mass is 10.0. The number of likely N-dealkylation sites (tertiary alicyclic amines) is 1. The monoisotopic (exact) mass is 481 g/mol. The minimum atomic E-state index is 0.386. The molecule has 3 heterocycles. The summed E-state index contributed by atoms with van der Waals surface area (Å²) in [6.45, 7) is 5.16. The van der Waals surface area contributed by atoms with Gasteiger partial charge in [0.25, 0.3) is 0 Å². The van der Waals surface area contributed by atoms with Gasteiger partial charge in [0.1, 0.15) is 5.82 Å². The Balaban J connectivity index is 1.18. The van der Waals surface area contributed by atoms with E-state index in [-0.39, 0.29) is 0 Å². The van der Waals surface area contributed by atoms with Crippen LogP contribution in [0.25, 0.3) is 27.7 Å². The number of aryl methyl sites for hydroxylation is 1. The maximum absolute atomic E-state index is 6.49. The Kier molecular flexibility index (Phi) is 5.88. The van der Waals surface area contributed by atoms with Gasteiger partial charge >= 0.3 is 0 Å². The van der Waals surface area contributed by atoms with Gasteiger partial charge in [0.05, 0.1) is 11.9 Å². The van der Waals surface area contributed by atoms with Crippen LogP contribution in [0.4, 0.5) is 5.82 Å². The highest BCUT2D eigenvalue weighted by Gasteiger charge is 2.21. The fourth-order valence-corrected chi connectivity index (χ4v) is 5.25. The molecule has 0 amide bonds. The van der Waals surface area contributed by atoms with Crippen molar-refractivity contribution in [1.82, 2.24) is 19.5 Å². The molecule has 1 fully saturated rings. The predicted octanol–water partition coefficient (Wildman–Crippen LogP) is 6.59. The van der Waals surface area contributed by atoms with Gasteiger partial charge in [-0.05, 0) is 48.2 Å². The van der Waals surface area contributed by atoms with Crippen LogP contribution in [0.3, 0.4) is 0 Å². The van der Waals surface area contributed by atoms with E-state index in [1.165, 1.54) is 16.3 Å². The van der Waals surface area contributed by atoms with Crippen molar-refractivity contribution in [2.45, 2.75) is 32.4 Å². The first-order valence-electron chi connectivity index (χ1n) is 12.2. The number of nitrogens with zero attached hydrogens (tertiary/aromatic N) is 4. The van der Waals surface area contributed by atoms with Crippen LogP contribution in [-0.2, 0) is 6.54 Å². The molecule has 0 atom stereocenters. The third kappa shape index (κ3) is 4.49. The van der Waals surface area contributed by atoms with E-state index >= 15 is 0 Å². The molecule has 3 aromatic carbocycles. The van der Waals surface area contributed by atoms with Crippen molar-refractivity contribution in [3.63, 3.8) is 0 Å². The molecule has 5 aromatic rings. The van der Waals surface area contributed by atoms with Gasteiger partial charge in [-0.3, -0.25) is 4.90 Å². The van der Waals surface area contributed by atoms with Crippen molar-refractivity contribution in [2.75, 3.05) is 18.4 Å². The van der Waals surface area contributed by atoms with Gasteiger partial charge < -0.3 is 5.32 Å². The van der Waals surface area contributed by atoms with Crippen molar-refractivity contribution in [2.24, 2.45) is 0 Å². The molecule has 1 aliphatic rings. The van der Waals surface area contributed by atoms with E-state index in [4.69, 9.17) is 16.6 Å². The number of anilines is 1. The molecule has 0 saturated carbocycles. The Morgan fingerprint density at radius 3 is 2.54 bits per heavy atom. The first kappa shape index (κ1) is 22.1. The molecule has 0 bridgehead atoms. The Morgan fingerprint density at radius 2 is 1.71 bits per heavy atom. The Bertz CT molecular complexity index is 1500. The summed E-state index contributed by atoms with van der Waals surface area (Å²) in [6.07, 6.45) is 4.04. The molecule has 5 nitrogen and oxygen atoms in total. The second kappa shape index (κ2) is 9.33. The Morgan fingerprint density at radius 1 is 0.943 bits per heavy atom. The zero-order valence-corrected chi connectivity index (χ0v) is 20.5. The zero-order valence-electron chi connectivity index (χ0n) is 19.8. The fourth-order valence-electron chi connectivity index (χ4n) is 5.02. The van der Waals surface area contributed by atoms with Crippen LogP contribution >= 0.6 is 11.6 Å². The molecule has 0 aliphatic carbocycles. The van der Waals surface area contributed by atoms with Gasteiger partial charge in [-0.15, -0.1) is 0 Å². The van der Waals surface area contributed by atoms with E-state index in [1.807, 2.05) is 41.9 Å². The lowest BCUT2D eigenvalue weighted by Gasteiger charge is -2.33. The summed E-state index contributed by atoms with van der Waals surface area (Å²) in [5.41, 5.74) is 5.08. The van der Waals surface area contributed by atoms with Crippen LogP contribution in [0.2, 0.25) is 5.02 Å². The van der Waals surface area contributed by atoms with Crippen LogP contribution in [0.1, 0.15) is 24.0 Å². The van der Waals surface area contributed by atoms with Crippen molar-refractivity contribution in [1.29, 1.82) is 0 Å². The van der Waals surface area contributed by atoms with Gasteiger partial charge in [-0.25, -0.2) is 4.98 Å². The quantitative estimate of drug-likeness (QED) is 0.307. The van der Waals surface area contributed by atoms with E-state index in [9.17, 15) is 0 Å². The highest BCUT2D eigenvalue weighted by Crippen LogP contribution is 2.30. The molecular weight excluding hydrogens is 454 g/mol. The standard InChI is InChI=1S/C29H28ClN5/c1-20-18-31-35-28(17-27(33-29(20)35)25-8-4-5-9-26(25)30)32-24-12-14-34(15-13-24)19-21-10-11-22-6-2-3-7-23(22)16-21/h2-11,16-18,24,32H,12-15,19H2,1H3. The second-order valence-corrected chi connectivity index (χ2v) is 9.85. The Labute approximate surface area is 210 Å². The minimum Gasteiger partial charge on any atom is -0.367 e. The molecule has 6 rings (SSSR count). The fraction of sp³-hybridized carbons (Fsp3) is 0.241. The number of hydrogen-bond donors (Lipinski definition) is 1. The molecule has 2 aromatic heterocycles. The maximum atomic E-state index is 6.49. The van der Waals surface area contributed by atoms with Crippen molar-refractivity contribution >= 4 is 33.8 Å². The summed E-state index contributed by atoms with van der Waals surface area (Å²) < 4.78 is 1.91. The SMILES string of the molecule is Cc1cnn2c(NC3CCN(Cc4ccc5ccccc5c4)CC3)cc(-c3ccccc3Cl)nc12. The maximum Gasteiger partial charge on any atom is 0.160 e. The van der Waals surface area contributed by atoms with Crippen molar-refractivity contribution in [3.05, 3.63) is 95.1 Å². The topological polar surface area (TPSA) is 45.5 Å². The summed E-state index contributed by atoms with van der Waals surface area (Å²) in [7, 11) is 0. The average Bonchev–Trinajstić information content (AvgIpc) is 3.26. The number of nitrogens with one attached hydrogen (secondary N) is 1. The lowest BCUT2D eigenvalue weighted by Crippen LogP contribution is -2.39. The molecule has 35 heavy (non-hydrogen) atoms. The van der Waals surface area contributed by atoms with Crippen molar-refractivity contribution < 1.29 is 0 Å².